The van der Waals surface area contributed by atoms with E-state index in [2.05, 4.69) is 4.98 Å². The van der Waals surface area contributed by atoms with Gasteiger partial charge in [-0.2, -0.15) is 0 Å². The van der Waals surface area contributed by atoms with Crippen molar-refractivity contribution in [2.24, 2.45) is 0 Å². The molecule has 0 aliphatic carbocycles. The molecule has 1 heterocycles. The Morgan fingerprint density at radius 2 is 1.81 bits per heavy atom. The third kappa shape index (κ3) is 4.20. The van der Waals surface area contributed by atoms with E-state index in [1.807, 2.05) is 19.1 Å². The third-order valence-corrected chi connectivity index (χ3v) is 4.20. The monoisotopic (exact) mass is 357 g/mol. The van der Waals surface area contributed by atoms with Gasteiger partial charge in [0.05, 0.1) is 19.2 Å². The summed E-state index contributed by atoms with van der Waals surface area (Å²) in [7, 11) is 1.53. The van der Waals surface area contributed by atoms with Crippen LogP contribution in [0.1, 0.15) is 50.2 Å². The number of methoxy groups -OCH3 is 1. The van der Waals surface area contributed by atoms with Crippen molar-refractivity contribution in [1.82, 2.24) is 4.98 Å². The molecule has 6 heteroatoms. The molecule has 0 fully saturated rings. The highest BCUT2D eigenvalue weighted by Gasteiger charge is 2.21. The molecule has 1 N–H and O–H groups in total. The highest BCUT2D eigenvalue weighted by atomic mass is 16.5. The van der Waals surface area contributed by atoms with Crippen molar-refractivity contribution in [3.8, 4) is 5.75 Å². The quantitative estimate of drug-likeness (QED) is 0.608. The molecule has 1 aromatic carbocycles. The Hall–Kier alpha value is -2.89. The summed E-state index contributed by atoms with van der Waals surface area (Å²) in [5.74, 6) is -0.405. The topological polar surface area (TPSA) is 85.5 Å². The second kappa shape index (κ2) is 7.99. The number of aryl methyl sites for hydroxylation is 2. The molecule has 1 aromatic heterocycles. The fourth-order valence-electron chi connectivity index (χ4n) is 3.03. The van der Waals surface area contributed by atoms with Gasteiger partial charge in [-0.15, -0.1) is 0 Å². The van der Waals surface area contributed by atoms with Crippen LogP contribution in [0.2, 0.25) is 0 Å². The zero-order valence-electron chi connectivity index (χ0n) is 15.7. The van der Waals surface area contributed by atoms with Crippen LogP contribution in [0.25, 0.3) is 0 Å². The average molecular weight is 357 g/mol. The summed E-state index contributed by atoms with van der Waals surface area (Å²) in [6.45, 7) is 6.42. The zero-order chi connectivity index (χ0) is 19.4. The lowest BCUT2D eigenvalue weighted by atomic mass is 10.1. The normalized spacial score (nSPS) is 10.5. The number of aromatic nitrogens is 1. The molecular formula is C20H23NO5. The largest absolute Gasteiger partial charge is 0.496 e. The molecule has 0 radical (unpaired) electrons. The fourth-order valence-corrected chi connectivity index (χ4v) is 3.03. The van der Waals surface area contributed by atoms with Crippen LogP contribution in [-0.2, 0) is 16.0 Å². The Balaban J connectivity index is 2.04. The summed E-state index contributed by atoms with van der Waals surface area (Å²) in [5.41, 5.74) is 3.72. The molecule has 26 heavy (non-hydrogen) atoms. The van der Waals surface area contributed by atoms with Crippen molar-refractivity contribution in [1.29, 1.82) is 0 Å². The Bertz CT molecular complexity index is 863. The van der Waals surface area contributed by atoms with Crippen molar-refractivity contribution in [3.05, 3.63) is 51.8 Å². The Kier molecular flexibility index (Phi) is 5.97. The van der Waals surface area contributed by atoms with Gasteiger partial charge in [-0.05, 0) is 39.3 Å². The van der Waals surface area contributed by atoms with Gasteiger partial charge in [0.1, 0.15) is 5.75 Å². The van der Waals surface area contributed by atoms with Crippen molar-refractivity contribution >= 4 is 17.5 Å². The first-order valence-electron chi connectivity index (χ1n) is 8.27. The van der Waals surface area contributed by atoms with E-state index in [9.17, 15) is 14.4 Å². The molecular weight excluding hydrogens is 334 g/mol. The molecule has 0 saturated heterocycles. The van der Waals surface area contributed by atoms with Crippen LogP contribution in [0.4, 0.5) is 0 Å². The number of hydrogen-bond donors (Lipinski definition) is 1. The zero-order valence-corrected chi connectivity index (χ0v) is 15.7. The smallest absolute Gasteiger partial charge is 0.310 e. The summed E-state index contributed by atoms with van der Waals surface area (Å²) < 4.78 is 10.4. The molecule has 138 valence electrons. The summed E-state index contributed by atoms with van der Waals surface area (Å²) in [4.78, 5) is 39.0. The summed E-state index contributed by atoms with van der Waals surface area (Å²) >= 11 is 0. The number of aromatic amines is 1. The number of benzene rings is 1. The van der Waals surface area contributed by atoms with Crippen LogP contribution >= 0.6 is 0 Å². The first kappa shape index (κ1) is 19.4. The van der Waals surface area contributed by atoms with Crippen LogP contribution in [0.15, 0.2) is 18.2 Å². The molecule has 0 aliphatic rings. The number of esters is 1. The van der Waals surface area contributed by atoms with E-state index in [4.69, 9.17) is 9.47 Å². The number of carbonyl (C=O) groups is 3. The van der Waals surface area contributed by atoms with Crippen LogP contribution in [-0.4, -0.2) is 36.2 Å². The molecule has 0 atom stereocenters. The molecule has 0 spiro atoms. The number of rotatable bonds is 7. The van der Waals surface area contributed by atoms with E-state index in [0.29, 0.717) is 33.8 Å². The lowest BCUT2D eigenvalue weighted by molar-refractivity contribution is -0.141. The van der Waals surface area contributed by atoms with Crippen molar-refractivity contribution in [2.45, 2.75) is 34.1 Å². The molecule has 0 aliphatic heterocycles. The van der Waals surface area contributed by atoms with Crippen molar-refractivity contribution < 1.29 is 23.9 Å². The Labute approximate surface area is 152 Å². The number of ketones is 2. The van der Waals surface area contributed by atoms with E-state index in [0.717, 1.165) is 5.56 Å². The molecule has 0 unspecified atom stereocenters. The summed E-state index contributed by atoms with van der Waals surface area (Å²) in [6.07, 6.45) is 0.0135. The van der Waals surface area contributed by atoms with E-state index >= 15 is 0 Å². The minimum Gasteiger partial charge on any atom is -0.496 e. The number of hydrogen-bond acceptors (Lipinski definition) is 5. The van der Waals surface area contributed by atoms with Crippen molar-refractivity contribution in [3.63, 3.8) is 0 Å². The number of nitrogens with one attached hydrogen (secondary N) is 1. The number of carbonyl (C=O) groups excluding carboxylic acids is 3. The maximum absolute atomic E-state index is 12.3. The first-order valence-corrected chi connectivity index (χ1v) is 8.27. The second-order valence-corrected chi connectivity index (χ2v) is 6.26. The van der Waals surface area contributed by atoms with Gasteiger partial charge in [-0.1, -0.05) is 17.7 Å². The van der Waals surface area contributed by atoms with E-state index in [-0.39, 0.29) is 24.6 Å². The highest BCUT2D eigenvalue weighted by Crippen LogP contribution is 2.21. The summed E-state index contributed by atoms with van der Waals surface area (Å²) in [5, 5.41) is 0. The molecule has 6 nitrogen and oxygen atoms in total. The summed E-state index contributed by atoms with van der Waals surface area (Å²) in [6, 6.07) is 5.52. The van der Waals surface area contributed by atoms with Crippen LogP contribution in [0.5, 0.6) is 5.75 Å². The molecule has 2 rings (SSSR count). The molecule has 0 saturated carbocycles. The van der Waals surface area contributed by atoms with Gasteiger partial charge in [0.25, 0.3) is 0 Å². The molecule has 2 aromatic rings. The minimum atomic E-state index is -0.519. The third-order valence-electron chi connectivity index (χ3n) is 4.20. The fraction of sp³-hybridized carbons (Fsp3) is 0.350. The standard InChI is InChI=1S/C20H23NO5/c1-11-6-7-17(25-5)15(8-11)9-18(24)26-10-16(23)20-12(2)19(14(4)22)13(3)21-20/h6-8,21H,9-10H2,1-5H3. The lowest BCUT2D eigenvalue weighted by Crippen LogP contribution is -2.17. The van der Waals surface area contributed by atoms with Crippen molar-refractivity contribution in [2.75, 3.05) is 13.7 Å². The SMILES string of the molecule is COc1ccc(C)cc1CC(=O)OCC(=O)c1[nH]c(C)c(C(C)=O)c1C. The lowest BCUT2D eigenvalue weighted by Gasteiger charge is -2.09. The number of ether oxygens (including phenoxy) is 2. The van der Waals surface area contributed by atoms with Crippen LogP contribution < -0.4 is 4.74 Å². The van der Waals surface area contributed by atoms with Gasteiger partial charge in [0.2, 0.25) is 5.78 Å². The molecule has 0 bridgehead atoms. The minimum absolute atomic E-state index is 0.0135. The molecule has 0 amide bonds. The predicted molar refractivity (Wildman–Crippen MR) is 97.0 cm³/mol. The van der Waals surface area contributed by atoms with Gasteiger partial charge in [0, 0.05) is 16.8 Å². The predicted octanol–water partition coefficient (Wildman–Crippen LogP) is 3.12. The van der Waals surface area contributed by atoms with Gasteiger partial charge < -0.3 is 14.5 Å². The maximum atomic E-state index is 12.3. The number of Topliss-reactive ketones (excluding diaryl/α,β-unsaturated/α-hetero) is 2. The maximum Gasteiger partial charge on any atom is 0.310 e. The van der Waals surface area contributed by atoms with E-state index < -0.39 is 5.97 Å². The van der Waals surface area contributed by atoms with E-state index in [1.54, 1.807) is 19.9 Å². The first-order chi connectivity index (χ1) is 12.2. The van der Waals surface area contributed by atoms with Crippen LogP contribution in [0, 0.1) is 20.8 Å². The second-order valence-electron chi connectivity index (χ2n) is 6.26. The van der Waals surface area contributed by atoms with Gasteiger partial charge >= 0.3 is 5.97 Å². The Morgan fingerprint density at radius 1 is 1.12 bits per heavy atom. The van der Waals surface area contributed by atoms with E-state index in [1.165, 1.54) is 14.0 Å². The van der Waals surface area contributed by atoms with Gasteiger partial charge in [-0.25, -0.2) is 0 Å². The highest BCUT2D eigenvalue weighted by molar-refractivity contribution is 6.04. The van der Waals surface area contributed by atoms with Crippen LogP contribution in [0.3, 0.4) is 0 Å². The average Bonchev–Trinajstić information content (AvgIpc) is 2.87. The Morgan fingerprint density at radius 3 is 2.38 bits per heavy atom. The number of H-pyrrole nitrogens is 1. The van der Waals surface area contributed by atoms with Gasteiger partial charge in [-0.3, -0.25) is 14.4 Å². The van der Waals surface area contributed by atoms with Gasteiger partial charge in [0.15, 0.2) is 12.4 Å².